The van der Waals surface area contributed by atoms with E-state index in [2.05, 4.69) is 15.6 Å². The SMILES string of the molecule is CC(C)c1nc(CNc2cc(C(F)(F)F)cc3c2OCC(=O)N3)cs1. The van der Waals surface area contributed by atoms with Gasteiger partial charge in [0.1, 0.15) is 0 Å². The van der Waals surface area contributed by atoms with Crippen molar-refractivity contribution in [3.05, 3.63) is 33.8 Å². The molecule has 134 valence electrons. The predicted molar refractivity (Wildman–Crippen MR) is 89.1 cm³/mol. The molecular formula is C16H16F3N3O2S. The van der Waals surface area contributed by atoms with Crippen molar-refractivity contribution in [1.82, 2.24) is 4.98 Å². The molecule has 1 aromatic heterocycles. The van der Waals surface area contributed by atoms with E-state index in [9.17, 15) is 18.0 Å². The Morgan fingerprint density at radius 1 is 1.40 bits per heavy atom. The second-order valence-corrected chi connectivity index (χ2v) is 6.81. The van der Waals surface area contributed by atoms with Crippen molar-refractivity contribution in [3.63, 3.8) is 0 Å². The van der Waals surface area contributed by atoms with Gasteiger partial charge in [-0.05, 0) is 12.1 Å². The van der Waals surface area contributed by atoms with Gasteiger partial charge < -0.3 is 15.4 Å². The van der Waals surface area contributed by atoms with Gasteiger partial charge in [0, 0.05) is 11.3 Å². The van der Waals surface area contributed by atoms with Crippen LogP contribution in [0.15, 0.2) is 17.5 Å². The highest BCUT2D eigenvalue weighted by Gasteiger charge is 2.33. The minimum atomic E-state index is -4.53. The minimum Gasteiger partial charge on any atom is -0.479 e. The van der Waals surface area contributed by atoms with Gasteiger partial charge in [0.15, 0.2) is 12.4 Å². The van der Waals surface area contributed by atoms with Crippen LogP contribution in [0.25, 0.3) is 0 Å². The van der Waals surface area contributed by atoms with Crippen LogP contribution in [0.2, 0.25) is 0 Å². The Morgan fingerprint density at radius 2 is 2.16 bits per heavy atom. The van der Waals surface area contributed by atoms with Gasteiger partial charge in [-0.2, -0.15) is 13.2 Å². The molecule has 2 aromatic rings. The minimum absolute atomic E-state index is 0.00900. The maximum absolute atomic E-state index is 13.1. The van der Waals surface area contributed by atoms with E-state index in [-0.39, 0.29) is 30.3 Å². The summed E-state index contributed by atoms with van der Waals surface area (Å²) in [4.78, 5) is 15.8. The number of alkyl halides is 3. The quantitative estimate of drug-likeness (QED) is 0.844. The van der Waals surface area contributed by atoms with Gasteiger partial charge in [0.05, 0.1) is 34.2 Å². The molecule has 25 heavy (non-hydrogen) atoms. The monoisotopic (exact) mass is 371 g/mol. The number of nitrogens with zero attached hydrogens (tertiary/aromatic N) is 1. The molecule has 0 spiro atoms. The first kappa shape index (κ1) is 17.5. The third-order valence-corrected chi connectivity index (χ3v) is 4.76. The first-order valence-electron chi connectivity index (χ1n) is 7.60. The van der Waals surface area contributed by atoms with Crippen LogP contribution < -0.4 is 15.4 Å². The van der Waals surface area contributed by atoms with Crippen molar-refractivity contribution in [1.29, 1.82) is 0 Å². The predicted octanol–water partition coefficient (Wildman–Crippen LogP) is 4.23. The molecule has 0 atom stereocenters. The van der Waals surface area contributed by atoms with Gasteiger partial charge >= 0.3 is 6.18 Å². The Balaban J connectivity index is 1.88. The molecule has 9 heteroatoms. The summed E-state index contributed by atoms with van der Waals surface area (Å²) in [6.45, 7) is 4.07. The van der Waals surface area contributed by atoms with Gasteiger partial charge in [-0.3, -0.25) is 4.79 Å². The number of aromatic nitrogens is 1. The summed E-state index contributed by atoms with van der Waals surface area (Å²) < 4.78 is 44.6. The topological polar surface area (TPSA) is 63.3 Å². The molecule has 1 aliphatic rings. The number of nitrogens with one attached hydrogen (secondary N) is 2. The fraction of sp³-hybridized carbons (Fsp3) is 0.375. The van der Waals surface area contributed by atoms with Crippen molar-refractivity contribution in [2.75, 3.05) is 17.2 Å². The maximum atomic E-state index is 13.1. The molecule has 0 unspecified atom stereocenters. The number of anilines is 2. The molecule has 2 N–H and O–H groups in total. The summed E-state index contributed by atoms with van der Waals surface area (Å²) >= 11 is 1.51. The van der Waals surface area contributed by atoms with E-state index in [0.717, 1.165) is 22.8 Å². The zero-order valence-corrected chi connectivity index (χ0v) is 14.3. The van der Waals surface area contributed by atoms with Gasteiger partial charge in [-0.25, -0.2) is 4.98 Å². The molecule has 0 fully saturated rings. The lowest BCUT2D eigenvalue weighted by atomic mass is 10.1. The zero-order valence-electron chi connectivity index (χ0n) is 13.5. The van der Waals surface area contributed by atoms with E-state index in [1.807, 2.05) is 19.2 Å². The number of fused-ring (bicyclic) bond motifs is 1. The van der Waals surface area contributed by atoms with Crippen molar-refractivity contribution in [3.8, 4) is 5.75 Å². The first-order valence-corrected chi connectivity index (χ1v) is 8.48. The molecule has 0 bridgehead atoms. The molecule has 1 aromatic carbocycles. The van der Waals surface area contributed by atoms with E-state index in [0.29, 0.717) is 5.92 Å². The van der Waals surface area contributed by atoms with E-state index < -0.39 is 17.6 Å². The fourth-order valence-electron chi connectivity index (χ4n) is 2.35. The van der Waals surface area contributed by atoms with E-state index >= 15 is 0 Å². The fourth-order valence-corrected chi connectivity index (χ4v) is 3.19. The lowest BCUT2D eigenvalue weighted by Crippen LogP contribution is -2.26. The van der Waals surface area contributed by atoms with Crippen LogP contribution in [-0.2, 0) is 17.5 Å². The number of rotatable bonds is 4. The van der Waals surface area contributed by atoms with Crippen LogP contribution in [0.4, 0.5) is 24.5 Å². The largest absolute Gasteiger partial charge is 0.479 e. The number of ether oxygens (including phenoxy) is 1. The average Bonchev–Trinajstić information content (AvgIpc) is 3.00. The molecule has 0 saturated carbocycles. The Bertz CT molecular complexity index is 802. The van der Waals surface area contributed by atoms with Crippen LogP contribution in [0.5, 0.6) is 5.75 Å². The molecule has 0 saturated heterocycles. The normalized spacial score (nSPS) is 14.1. The van der Waals surface area contributed by atoms with Crippen molar-refractivity contribution in [2.24, 2.45) is 0 Å². The molecule has 1 amide bonds. The molecule has 0 aliphatic carbocycles. The lowest BCUT2D eigenvalue weighted by molar-refractivity contribution is -0.137. The number of halogens is 3. The van der Waals surface area contributed by atoms with Crippen molar-refractivity contribution >= 4 is 28.6 Å². The Morgan fingerprint density at radius 3 is 2.80 bits per heavy atom. The molecule has 0 radical (unpaired) electrons. The maximum Gasteiger partial charge on any atom is 0.416 e. The van der Waals surface area contributed by atoms with Gasteiger partial charge in [0.25, 0.3) is 5.91 Å². The standard InChI is InChI=1S/C16H16F3N3O2S/c1-8(2)15-21-10(7-25-15)5-20-11-3-9(16(17,18)19)4-12-14(11)24-6-13(23)22-12/h3-4,7-8,20H,5-6H2,1-2H3,(H,22,23). The average molecular weight is 371 g/mol. The Labute approximate surface area is 146 Å². The highest BCUT2D eigenvalue weighted by Crippen LogP contribution is 2.42. The summed E-state index contributed by atoms with van der Waals surface area (Å²) in [6.07, 6.45) is -4.53. The summed E-state index contributed by atoms with van der Waals surface area (Å²) in [5.74, 6) is 0.00405. The van der Waals surface area contributed by atoms with E-state index in [1.165, 1.54) is 11.3 Å². The van der Waals surface area contributed by atoms with Crippen LogP contribution in [-0.4, -0.2) is 17.5 Å². The Hall–Kier alpha value is -2.29. The van der Waals surface area contributed by atoms with Gasteiger partial charge in [-0.15, -0.1) is 11.3 Å². The van der Waals surface area contributed by atoms with E-state index in [1.54, 1.807) is 0 Å². The number of amides is 1. The number of hydrogen-bond acceptors (Lipinski definition) is 5. The molecule has 2 heterocycles. The van der Waals surface area contributed by atoms with Gasteiger partial charge in [-0.1, -0.05) is 13.8 Å². The van der Waals surface area contributed by atoms with Gasteiger partial charge in [0.2, 0.25) is 0 Å². The number of carbonyl (C=O) groups is 1. The highest BCUT2D eigenvalue weighted by molar-refractivity contribution is 7.09. The molecule has 1 aliphatic heterocycles. The third-order valence-electron chi connectivity index (χ3n) is 3.56. The summed E-state index contributed by atoms with van der Waals surface area (Å²) in [7, 11) is 0. The summed E-state index contributed by atoms with van der Waals surface area (Å²) in [5, 5.41) is 8.18. The van der Waals surface area contributed by atoms with E-state index in [4.69, 9.17) is 4.74 Å². The first-order chi connectivity index (χ1) is 11.7. The van der Waals surface area contributed by atoms with Crippen molar-refractivity contribution < 1.29 is 22.7 Å². The number of carbonyl (C=O) groups excluding carboxylic acids is 1. The second kappa shape index (κ2) is 6.55. The molecule has 5 nitrogen and oxygen atoms in total. The summed E-state index contributed by atoms with van der Waals surface area (Å²) in [5.41, 5.74) is 0.0547. The van der Waals surface area contributed by atoms with Crippen LogP contribution >= 0.6 is 11.3 Å². The second-order valence-electron chi connectivity index (χ2n) is 5.92. The van der Waals surface area contributed by atoms with Crippen LogP contribution in [0.3, 0.4) is 0 Å². The number of hydrogen-bond donors (Lipinski definition) is 2. The zero-order chi connectivity index (χ0) is 18.2. The number of thiazole rings is 1. The molecular weight excluding hydrogens is 355 g/mol. The molecule has 3 rings (SSSR count). The highest BCUT2D eigenvalue weighted by atomic mass is 32.1. The van der Waals surface area contributed by atoms with Crippen molar-refractivity contribution in [2.45, 2.75) is 32.5 Å². The summed E-state index contributed by atoms with van der Waals surface area (Å²) in [6, 6.07) is 1.85. The smallest absolute Gasteiger partial charge is 0.416 e. The Kier molecular flexibility index (Phi) is 4.59. The van der Waals surface area contributed by atoms with Crippen LogP contribution in [0, 0.1) is 0 Å². The van der Waals surface area contributed by atoms with Crippen LogP contribution in [0.1, 0.15) is 36.0 Å². The third kappa shape index (κ3) is 3.87. The lowest BCUT2D eigenvalue weighted by Gasteiger charge is -2.23. The number of benzene rings is 1.